The predicted octanol–water partition coefficient (Wildman–Crippen LogP) is 4.26. The van der Waals surface area contributed by atoms with E-state index in [9.17, 15) is 13.2 Å². The largest absolute Gasteiger partial charge is 0.417 e. The summed E-state index contributed by atoms with van der Waals surface area (Å²) in [5, 5.41) is 14.3. The molecule has 0 saturated heterocycles. The van der Waals surface area contributed by atoms with Crippen molar-refractivity contribution in [2.75, 3.05) is 39.0 Å². The smallest absolute Gasteiger partial charge is 0.325 e. The van der Waals surface area contributed by atoms with E-state index in [0.29, 0.717) is 29.4 Å². The first kappa shape index (κ1) is 24.6. The first-order valence-corrected chi connectivity index (χ1v) is 11.3. The molecule has 0 fully saturated rings. The van der Waals surface area contributed by atoms with Crippen molar-refractivity contribution in [3.8, 4) is 11.4 Å². The van der Waals surface area contributed by atoms with Gasteiger partial charge < -0.3 is 15.5 Å². The van der Waals surface area contributed by atoms with Crippen molar-refractivity contribution in [2.24, 2.45) is 0 Å². The number of hydrogen-bond acceptors (Lipinski definition) is 7. The number of benzene rings is 1. The lowest BCUT2D eigenvalue weighted by Crippen LogP contribution is -2.27. The molecule has 0 saturated carbocycles. The summed E-state index contributed by atoms with van der Waals surface area (Å²) in [6.07, 6.45) is -1.53. The lowest BCUT2D eigenvalue weighted by atomic mass is 10.1. The van der Waals surface area contributed by atoms with Gasteiger partial charge in [0.25, 0.3) is 0 Å². The van der Waals surface area contributed by atoms with Gasteiger partial charge in [0, 0.05) is 36.6 Å². The minimum Gasteiger partial charge on any atom is -0.325 e. The van der Waals surface area contributed by atoms with E-state index in [1.807, 2.05) is 20.2 Å². The molecule has 1 aromatic carbocycles. The van der Waals surface area contributed by atoms with E-state index in [0.717, 1.165) is 37.5 Å². The Hall–Kier alpha value is -3.57. The van der Waals surface area contributed by atoms with Crippen LogP contribution in [0.2, 0.25) is 0 Å². The summed E-state index contributed by atoms with van der Waals surface area (Å²) < 4.78 is 41.1. The van der Waals surface area contributed by atoms with Crippen molar-refractivity contribution < 1.29 is 13.2 Å². The number of hydrogen-bond donors (Lipinski definition) is 3. The molecule has 3 heterocycles. The molecule has 0 aliphatic carbocycles. The van der Waals surface area contributed by atoms with Gasteiger partial charge in [-0.2, -0.15) is 18.3 Å². The molecular weight excluding hydrogens is 457 g/mol. The third-order valence-electron chi connectivity index (χ3n) is 5.36. The number of fused-ring (bicyclic) bond motifs is 1. The van der Waals surface area contributed by atoms with Gasteiger partial charge in [-0.25, -0.2) is 15.0 Å². The average molecular weight is 485 g/mol. The molecule has 8 nitrogen and oxygen atoms in total. The fourth-order valence-corrected chi connectivity index (χ4v) is 3.63. The molecule has 11 heteroatoms. The minimum absolute atomic E-state index is 0.0143. The molecule has 0 radical (unpaired) electrons. The van der Waals surface area contributed by atoms with Crippen LogP contribution < -0.4 is 10.6 Å². The number of rotatable bonds is 10. The van der Waals surface area contributed by atoms with Crippen LogP contribution in [0.3, 0.4) is 0 Å². The zero-order valence-corrected chi connectivity index (χ0v) is 19.5. The van der Waals surface area contributed by atoms with Crippen molar-refractivity contribution in [2.45, 2.75) is 19.0 Å². The summed E-state index contributed by atoms with van der Waals surface area (Å²) in [7, 11) is 4.02. The van der Waals surface area contributed by atoms with Crippen LogP contribution in [0, 0.1) is 0 Å². The Balaban J connectivity index is 1.63. The van der Waals surface area contributed by atoms with Gasteiger partial charge in [-0.05, 0) is 51.7 Å². The molecule has 3 aromatic heterocycles. The maximum Gasteiger partial charge on any atom is 0.417 e. The number of alkyl halides is 3. The normalized spacial score (nSPS) is 11.9. The number of nitrogens with zero attached hydrogens (tertiary/aromatic N) is 5. The third kappa shape index (κ3) is 6.31. The number of H-pyrrole nitrogens is 1. The van der Waals surface area contributed by atoms with Gasteiger partial charge in [0.05, 0.1) is 10.9 Å². The summed E-state index contributed by atoms with van der Waals surface area (Å²) in [6, 6.07) is 10.7. The highest BCUT2D eigenvalue weighted by Gasteiger charge is 2.34. The number of halogens is 3. The van der Waals surface area contributed by atoms with Crippen LogP contribution in [-0.4, -0.2) is 63.8 Å². The third-order valence-corrected chi connectivity index (χ3v) is 5.36. The molecule has 3 N–H and O–H groups in total. The number of likely N-dealkylation sites (N-methyl/N-ethyl adjacent to an activating group) is 1. The van der Waals surface area contributed by atoms with E-state index in [-0.39, 0.29) is 11.4 Å². The van der Waals surface area contributed by atoms with Crippen LogP contribution in [0.5, 0.6) is 0 Å². The Bertz CT molecular complexity index is 1270. The van der Waals surface area contributed by atoms with Gasteiger partial charge >= 0.3 is 6.18 Å². The van der Waals surface area contributed by atoms with Gasteiger partial charge in [-0.3, -0.25) is 5.10 Å². The summed E-state index contributed by atoms with van der Waals surface area (Å²) in [5.74, 6) is 0.940. The van der Waals surface area contributed by atoms with Crippen molar-refractivity contribution in [1.82, 2.24) is 35.4 Å². The summed E-state index contributed by atoms with van der Waals surface area (Å²) >= 11 is 0. The fourth-order valence-electron chi connectivity index (χ4n) is 3.63. The molecule has 35 heavy (non-hydrogen) atoms. The van der Waals surface area contributed by atoms with Crippen LogP contribution >= 0.6 is 0 Å². The Kier molecular flexibility index (Phi) is 7.57. The molecule has 4 rings (SSSR count). The molecule has 0 bridgehead atoms. The van der Waals surface area contributed by atoms with E-state index in [2.05, 4.69) is 40.7 Å². The van der Waals surface area contributed by atoms with E-state index in [1.54, 1.807) is 24.4 Å². The lowest BCUT2D eigenvalue weighted by Gasteiger charge is -2.14. The van der Waals surface area contributed by atoms with Gasteiger partial charge in [0.15, 0.2) is 11.5 Å². The first-order chi connectivity index (χ1) is 16.8. The second kappa shape index (κ2) is 10.8. The molecule has 0 unspecified atom stereocenters. The summed E-state index contributed by atoms with van der Waals surface area (Å²) in [6.45, 7) is 2.55. The molecule has 0 spiro atoms. The van der Waals surface area contributed by atoms with Crippen LogP contribution in [0.4, 0.5) is 24.8 Å². The number of aromatic amines is 1. The van der Waals surface area contributed by atoms with E-state index < -0.39 is 11.7 Å². The second-order valence-electron chi connectivity index (χ2n) is 8.37. The summed E-state index contributed by atoms with van der Waals surface area (Å²) in [5.41, 5.74) is 0.330. The number of pyridine rings is 1. The molecule has 0 aliphatic rings. The SMILES string of the molecule is CN(C)CCNCCCc1cc(Nc2[nH]nc3ncccc23)nc(-c2ccccc2C(F)(F)F)n1. The topological polar surface area (TPSA) is 94.7 Å². The molecule has 0 aliphatic heterocycles. The number of nitrogens with one attached hydrogen (secondary N) is 3. The van der Waals surface area contributed by atoms with Crippen LogP contribution in [-0.2, 0) is 12.6 Å². The van der Waals surface area contributed by atoms with E-state index in [1.165, 1.54) is 12.1 Å². The highest BCUT2D eigenvalue weighted by atomic mass is 19.4. The molecule has 4 aromatic rings. The van der Waals surface area contributed by atoms with Gasteiger partial charge in [0.2, 0.25) is 0 Å². The Morgan fingerprint density at radius 2 is 1.86 bits per heavy atom. The zero-order chi connectivity index (χ0) is 24.8. The van der Waals surface area contributed by atoms with Gasteiger partial charge in [0.1, 0.15) is 11.6 Å². The monoisotopic (exact) mass is 484 g/mol. The van der Waals surface area contributed by atoms with Crippen molar-refractivity contribution in [3.05, 3.63) is 59.9 Å². The second-order valence-corrected chi connectivity index (χ2v) is 8.37. The van der Waals surface area contributed by atoms with E-state index in [4.69, 9.17) is 0 Å². The summed E-state index contributed by atoms with van der Waals surface area (Å²) in [4.78, 5) is 15.2. The fraction of sp³-hybridized carbons (Fsp3) is 0.333. The molecule has 0 amide bonds. The zero-order valence-electron chi connectivity index (χ0n) is 19.5. The maximum absolute atomic E-state index is 13.7. The number of aryl methyl sites for hydroxylation is 1. The van der Waals surface area contributed by atoms with Crippen LogP contribution in [0.1, 0.15) is 17.7 Å². The van der Waals surface area contributed by atoms with Crippen molar-refractivity contribution in [3.63, 3.8) is 0 Å². The van der Waals surface area contributed by atoms with Crippen LogP contribution in [0.25, 0.3) is 22.4 Å². The minimum atomic E-state index is -4.52. The lowest BCUT2D eigenvalue weighted by molar-refractivity contribution is -0.137. The highest BCUT2D eigenvalue weighted by Crippen LogP contribution is 2.36. The molecule has 0 atom stereocenters. The Morgan fingerprint density at radius 1 is 1.03 bits per heavy atom. The Morgan fingerprint density at radius 3 is 2.66 bits per heavy atom. The predicted molar refractivity (Wildman–Crippen MR) is 129 cm³/mol. The van der Waals surface area contributed by atoms with Gasteiger partial charge in [-0.15, -0.1) is 0 Å². The molecular formula is C24H27F3N8. The quantitative estimate of drug-likeness (QED) is 0.290. The standard InChI is InChI=1S/C24H27F3N8/c1-35(2)14-13-28-11-5-7-16-15-20(32-23-18-9-6-12-29-21(18)33-34-23)31-22(30-16)17-8-3-4-10-19(17)24(25,26)27/h3-4,6,8-10,12,15,28H,5,7,11,13-14H2,1-2H3,(H2,29,30,31,32,33,34). The van der Waals surface area contributed by atoms with E-state index >= 15 is 0 Å². The highest BCUT2D eigenvalue weighted by molar-refractivity contribution is 5.88. The average Bonchev–Trinajstić information content (AvgIpc) is 3.23. The Labute approximate surface area is 201 Å². The van der Waals surface area contributed by atoms with Crippen molar-refractivity contribution >= 4 is 22.7 Å². The molecule has 184 valence electrons. The van der Waals surface area contributed by atoms with Crippen molar-refractivity contribution in [1.29, 1.82) is 0 Å². The van der Waals surface area contributed by atoms with Gasteiger partial charge in [-0.1, -0.05) is 18.2 Å². The van der Waals surface area contributed by atoms with Crippen LogP contribution in [0.15, 0.2) is 48.7 Å². The number of anilines is 2. The number of aromatic nitrogens is 5. The maximum atomic E-state index is 13.7. The first-order valence-electron chi connectivity index (χ1n) is 11.3.